The van der Waals surface area contributed by atoms with Crippen molar-refractivity contribution >= 4 is 16.9 Å². The summed E-state index contributed by atoms with van der Waals surface area (Å²) in [5.74, 6) is 0.479. The Morgan fingerprint density at radius 3 is 2.56 bits per heavy atom. The third kappa shape index (κ3) is 3.88. The van der Waals surface area contributed by atoms with Crippen LogP contribution in [0.15, 0.2) is 54.6 Å². The Balaban J connectivity index is 1.63. The second-order valence-electron chi connectivity index (χ2n) is 7.26. The molecule has 0 bridgehead atoms. The zero-order valence-electron chi connectivity index (χ0n) is 15.3. The molecule has 1 heterocycles. The summed E-state index contributed by atoms with van der Waals surface area (Å²) in [5.41, 5.74) is 2.41. The maximum Gasteiger partial charge on any atom is 0.240 e. The van der Waals surface area contributed by atoms with Crippen LogP contribution in [0.3, 0.4) is 0 Å². The molecule has 140 valence electrons. The lowest BCUT2D eigenvalue weighted by Crippen LogP contribution is -2.38. The van der Waals surface area contributed by atoms with E-state index in [4.69, 9.17) is 0 Å². The highest BCUT2D eigenvalue weighted by Crippen LogP contribution is 2.26. The van der Waals surface area contributed by atoms with E-state index < -0.39 is 6.10 Å². The van der Waals surface area contributed by atoms with E-state index in [1.807, 2.05) is 59.2 Å². The molecule has 0 radical (unpaired) electrons. The molecule has 2 aromatic carbocycles. The number of carbonyl (C=O) groups is 1. The zero-order valence-corrected chi connectivity index (χ0v) is 15.3. The molecular formula is C22H25N3O2. The van der Waals surface area contributed by atoms with Gasteiger partial charge in [-0.25, -0.2) is 4.98 Å². The third-order valence-electron chi connectivity index (χ3n) is 5.32. The Labute approximate surface area is 159 Å². The van der Waals surface area contributed by atoms with E-state index in [2.05, 4.69) is 10.3 Å². The summed E-state index contributed by atoms with van der Waals surface area (Å²) in [6, 6.07) is 17.4. The molecule has 0 saturated heterocycles. The van der Waals surface area contributed by atoms with Crippen molar-refractivity contribution in [3.8, 4) is 0 Å². The Hall–Kier alpha value is -2.66. The number of hydrogen-bond acceptors (Lipinski definition) is 3. The number of aliphatic hydroxyl groups is 1. The highest BCUT2D eigenvalue weighted by atomic mass is 16.3. The number of benzene rings is 2. The molecule has 1 aromatic heterocycles. The van der Waals surface area contributed by atoms with Crippen molar-refractivity contribution < 1.29 is 9.90 Å². The van der Waals surface area contributed by atoms with Crippen LogP contribution in [0.1, 0.15) is 49.6 Å². The number of imidazole rings is 1. The number of aliphatic hydroxyl groups excluding tert-OH is 1. The van der Waals surface area contributed by atoms with Crippen LogP contribution in [0, 0.1) is 0 Å². The Bertz CT molecular complexity index is 914. The molecule has 5 nitrogen and oxygen atoms in total. The molecule has 0 unspecified atom stereocenters. The minimum absolute atomic E-state index is 0.0217. The van der Waals surface area contributed by atoms with Crippen LogP contribution in [0.4, 0.5) is 0 Å². The van der Waals surface area contributed by atoms with Gasteiger partial charge in [0.15, 0.2) is 0 Å². The highest BCUT2D eigenvalue weighted by molar-refractivity contribution is 5.81. The molecule has 5 heteroatoms. The fourth-order valence-electron chi connectivity index (χ4n) is 3.92. The minimum atomic E-state index is -0.874. The standard InChI is InChI=1S/C22H25N3O2/c26-20(23-17-11-5-2-6-12-17)15-25-19-14-8-7-13-18(19)24-22(25)21(27)16-9-3-1-4-10-16/h1,3-4,7-10,13-14,17,21,27H,2,5-6,11-12,15H2,(H,23,26)/t21-/m1/s1. The molecule has 4 rings (SSSR count). The van der Waals surface area contributed by atoms with E-state index in [-0.39, 0.29) is 18.5 Å². The van der Waals surface area contributed by atoms with Crippen LogP contribution in [-0.2, 0) is 11.3 Å². The maximum absolute atomic E-state index is 12.7. The number of para-hydroxylation sites is 2. The summed E-state index contributed by atoms with van der Waals surface area (Å²) in [4.78, 5) is 17.3. The van der Waals surface area contributed by atoms with E-state index in [0.717, 1.165) is 29.4 Å². The van der Waals surface area contributed by atoms with E-state index in [0.29, 0.717) is 5.82 Å². The topological polar surface area (TPSA) is 67.2 Å². The Kier molecular flexibility index (Phi) is 5.21. The van der Waals surface area contributed by atoms with Crippen molar-refractivity contribution in [1.82, 2.24) is 14.9 Å². The van der Waals surface area contributed by atoms with Gasteiger partial charge in [0.25, 0.3) is 0 Å². The molecule has 1 fully saturated rings. The molecule has 2 N–H and O–H groups in total. The van der Waals surface area contributed by atoms with Gasteiger partial charge in [-0.1, -0.05) is 61.7 Å². The second kappa shape index (κ2) is 7.92. The van der Waals surface area contributed by atoms with Gasteiger partial charge in [0.1, 0.15) is 18.5 Å². The smallest absolute Gasteiger partial charge is 0.240 e. The summed E-state index contributed by atoms with van der Waals surface area (Å²) in [7, 11) is 0. The number of nitrogens with zero attached hydrogens (tertiary/aromatic N) is 2. The van der Waals surface area contributed by atoms with Gasteiger partial charge in [0.05, 0.1) is 11.0 Å². The number of rotatable bonds is 5. The van der Waals surface area contributed by atoms with Gasteiger partial charge in [0, 0.05) is 6.04 Å². The predicted octanol–water partition coefficient (Wildman–Crippen LogP) is 3.57. The first-order valence-electron chi connectivity index (χ1n) is 9.70. The summed E-state index contributed by atoms with van der Waals surface area (Å²) in [6.45, 7) is 0.163. The van der Waals surface area contributed by atoms with Gasteiger partial charge in [-0.2, -0.15) is 0 Å². The molecule has 27 heavy (non-hydrogen) atoms. The summed E-state index contributed by atoms with van der Waals surface area (Å²) >= 11 is 0. The van der Waals surface area contributed by atoms with Gasteiger partial charge in [-0.05, 0) is 30.5 Å². The van der Waals surface area contributed by atoms with E-state index >= 15 is 0 Å². The number of amides is 1. The highest BCUT2D eigenvalue weighted by Gasteiger charge is 2.22. The van der Waals surface area contributed by atoms with Crippen molar-refractivity contribution in [3.63, 3.8) is 0 Å². The normalized spacial score (nSPS) is 16.3. The molecule has 1 aliphatic rings. The van der Waals surface area contributed by atoms with Crippen molar-refractivity contribution in [2.45, 2.75) is 50.8 Å². The lowest BCUT2D eigenvalue weighted by molar-refractivity contribution is -0.122. The van der Waals surface area contributed by atoms with Crippen LogP contribution < -0.4 is 5.32 Å². The first kappa shape index (κ1) is 17.7. The van der Waals surface area contributed by atoms with Crippen molar-refractivity contribution in [2.75, 3.05) is 0 Å². The SMILES string of the molecule is O=C(Cn1c([C@H](O)c2ccccc2)nc2ccccc21)NC1CCCCC1. The van der Waals surface area contributed by atoms with Gasteiger partial charge in [-0.15, -0.1) is 0 Å². The Morgan fingerprint density at radius 1 is 1.07 bits per heavy atom. The summed E-state index contributed by atoms with van der Waals surface area (Å²) in [6.07, 6.45) is 4.84. The average Bonchev–Trinajstić information content (AvgIpc) is 3.07. The lowest BCUT2D eigenvalue weighted by Gasteiger charge is -2.23. The quantitative estimate of drug-likeness (QED) is 0.728. The lowest BCUT2D eigenvalue weighted by atomic mass is 9.95. The fourth-order valence-corrected chi connectivity index (χ4v) is 3.92. The second-order valence-corrected chi connectivity index (χ2v) is 7.26. The summed E-state index contributed by atoms with van der Waals surface area (Å²) < 4.78 is 1.84. The molecule has 0 spiro atoms. The summed E-state index contributed by atoms with van der Waals surface area (Å²) in [5, 5.41) is 14.1. The van der Waals surface area contributed by atoms with E-state index in [9.17, 15) is 9.90 Å². The average molecular weight is 363 g/mol. The van der Waals surface area contributed by atoms with Gasteiger partial charge in [0.2, 0.25) is 5.91 Å². The van der Waals surface area contributed by atoms with Crippen LogP contribution >= 0.6 is 0 Å². The van der Waals surface area contributed by atoms with E-state index in [1.54, 1.807) is 0 Å². The van der Waals surface area contributed by atoms with Gasteiger partial charge in [-0.3, -0.25) is 4.79 Å². The number of nitrogens with one attached hydrogen (secondary N) is 1. The fraction of sp³-hybridized carbons (Fsp3) is 0.364. The third-order valence-corrected chi connectivity index (χ3v) is 5.32. The van der Waals surface area contributed by atoms with Gasteiger partial charge < -0.3 is 15.0 Å². The molecule has 1 aliphatic carbocycles. The van der Waals surface area contributed by atoms with Crippen LogP contribution in [0.5, 0.6) is 0 Å². The van der Waals surface area contributed by atoms with Crippen LogP contribution in [-0.4, -0.2) is 26.6 Å². The number of fused-ring (bicyclic) bond motifs is 1. The molecule has 1 saturated carbocycles. The minimum Gasteiger partial charge on any atom is -0.380 e. The zero-order chi connectivity index (χ0) is 18.6. The maximum atomic E-state index is 12.7. The number of carbonyl (C=O) groups excluding carboxylic acids is 1. The number of hydrogen-bond donors (Lipinski definition) is 2. The largest absolute Gasteiger partial charge is 0.380 e. The van der Waals surface area contributed by atoms with Crippen molar-refractivity contribution in [3.05, 3.63) is 66.0 Å². The van der Waals surface area contributed by atoms with E-state index in [1.165, 1.54) is 19.3 Å². The molecule has 3 aromatic rings. The van der Waals surface area contributed by atoms with Crippen LogP contribution in [0.25, 0.3) is 11.0 Å². The molecule has 1 atom stereocenters. The molecule has 0 aliphatic heterocycles. The molecular weight excluding hydrogens is 338 g/mol. The monoisotopic (exact) mass is 363 g/mol. The molecule has 1 amide bonds. The van der Waals surface area contributed by atoms with Gasteiger partial charge >= 0.3 is 0 Å². The van der Waals surface area contributed by atoms with Crippen LogP contribution in [0.2, 0.25) is 0 Å². The first-order chi connectivity index (χ1) is 13.2. The van der Waals surface area contributed by atoms with Crippen molar-refractivity contribution in [2.24, 2.45) is 0 Å². The predicted molar refractivity (Wildman–Crippen MR) is 105 cm³/mol. The first-order valence-corrected chi connectivity index (χ1v) is 9.70. The Morgan fingerprint density at radius 2 is 1.78 bits per heavy atom. The number of aromatic nitrogens is 2. The van der Waals surface area contributed by atoms with Crippen molar-refractivity contribution in [1.29, 1.82) is 0 Å².